The summed E-state index contributed by atoms with van der Waals surface area (Å²) in [7, 11) is 0. The molecule has 2 heterocycles. The lowest BCUT2D eigenvalue weighted by Crippen LogP contribution is -2.07. The number of rotatable bonds is 3. The fourth-order valence-corrected chi connectivity index (χ4v) is 3.55. The van der Waals surface area contributed by atoms with Crippen molar-refractivity contribution in [3.8, 4) is 0 Å². The number of carbonyl (C=O) groups excluding carboxylic acids is 1. The van der Waals surface area contributed by atoms with E-state index in [1.54, 1.807) is 12.4 Å². The highest BCUT2D eigenvalue weighted by atomic mass is 79.9. The predicted molar refractivity (Wildman–Crippen MR) is 76.7 cm³/mol. The second-order valence-corrected chi connectivity index (χ2v) is 6.82. The minimum absolute atomic E-state index is 0.132. The van der Waals surface area contributed by atoms with Crippen molar-refractivity contribution in [1.29, 1.82) is 0 Å². The third-order valence-electron chi connectivity index (χ3n) is 2.49. The number of nitrogens with zero attached hydrogens (tertiary/aromatic N) is 1. The molecular weight excluding hydrogens is 366 g/mol. The van der Waals surface area contributed by atoms with Crippen LogP contribution >= 0.6 is 43.2 Å². The summed E-state index contributed by atoms with van der Waals surface area (Å²) in [5, 5.41) is 0. The number of thiophene rings is 1. The number of ketones is 1. The maximum Gasteiger partial charge on any atom is 0.180 e. The highest BCUT2D eigenvalue weighted by Gasteiger charge is 2.19. The molecule has 1 atom stereocenters. The van der Waals surface area contributed by atoms with Crippen LogP contribution < -0.4 is 0 Å². The second-order valence-electron chi connectivity index (χ2n) is 3.60. The normalized spacial score (nSPS) is 12.4. The van der Waals surface area contributed by atoms with Crippen molar-refractivity contribution in [1.82, 2.24) is 4.98 Å². The molecule has 0 N–H and O–H groups in total. The minimum Gasteiger partial charge on any atom is -0.293 e. The molecule has 88 valence electrons. The minimum atomic E-state index is -0.143. The molecule has 5 heteroatoms. The highest BCUT2D eigenvalue weighted by Crippen LogP contribution is 2.34. The van der Waals surface area contributed by atoms with Crippen LogP contribution in [0.3, 0.4) is 0 Å². The van der Waals surface area contributed by atoms with Crippen molar-refractivity contribution in [3.63, 3.8) is 0 Å². The zero-order valence-corrected chi connectivity index (χ0v) is 13.0. The first-order valence-corrected chi connectivity index (χ1v) is 7.39. The van der Waals surface area contributed by atoms with Gasteiger partial charge in [-0.3, -0.25) is 9.78 Å². The molecule has 0 bridgehead atoms. The van der Waals surface area contributed by atoms with Crippen molar-refractivity contribution < 1.29 is 4.79 Å². The molecular formula is C12H9Br2NOS. The van der Waals surface area contributed by atoms with Gasteiger partial charge in [0.2, 0.25) is 0 Å². The molecule has 0 aromatic carbocycles. The molecule has 0 radical (unpaired) electrons. The fraction of sp³-hybridized carbons (Fsp3) is 0.167. The van der Waals surface area contributed by atoms with Crippen LogP contribution in [0.4, 0.5) is 0 Å². The van der Waals surface area contributed by atoms with E-state index in [0.717, 1.165) is 18.7 Å². The Balaban J connectivity index is 2.26. The van der Waals surface area contributed by atoms with Crippen LogP contribution in [0.15, 0.2) is 38.9 Å². The van der Waals surface area contributed by atoms with E-state index in [1.807, 2.05) is 25.1 Å². The zero-order valence-electron chi connectivity index (χ0n) is 8.98. The van der Waals surface area contributed by atoms with Gasteiger partial charge in [-0.1, -0.05) is 6.92 Å². The van der Waals surface area contributed by atoms with E-state index in [4.69, 9.17) is 0 Å². The van der Waals surface area contributed by atoms with Gasteiger partial charge in [0.15, 0.2) is 5.78 Å². The monoisotopic (exact) mass is 373 g/mol. The number of hydrogen-bond acceptors (Lipinski definition) is 3. The van der Waals surface area contributed by atoms with Crippen molar-refractivity contribution in [3.05, 3.63) is 49.3 Å². The molecule has 0 aliphatic heterocycles. The van der Waals surface area contributed by atoms with Crippen LogP contribution in [0.5, 0.6) is 0 Å². The lowest BCUT2D eigenvalue weighted by molar-refractivity contribution is 0.0970. The van der Waals surface area contributed by atoms with Crippen LogP contribution in [-0.2, 0) is 0 Å². The van der Waals surface area contributed by atoms with Crippen LogP contribution in [0.25, 0.3) is 0 Å². The first-order valence-electron chi connectivity index (χ1n) is 4.98. The summed E-state index contributed by atoms with van der Waals surface area (Å²) < 4.78 is 1.87. The van der Waals surface area contributed by atoms with E-state index in [-0.39, 0.29) is 11.7 Å². The molecule has 0 aliphatic rings. The summed E-state index contributed by atoms with van der Waals surface area (Å²) in [6.07, 6.45) is 3.42. The van der Waals surface area contributed by atoms with Gasteiger partial charge in [-0.05, 0) is 55.6 Å². The Morgan fingerprint density at radius 1 is 1.35 bits per heavy atom. The van der Waals surface area contributed by atoms with Crippen LogP contribution in [-0.4, -0.2) is 10.8 Å². The zero-order chi connectivity index (χ0) is 12.4. The molecule has 0 saturated heterocycles. The lowest BCUT2D eigenvalue weighted by atomic mass is 9.97. The summed E-state index contributed by atoms with van der Waals surface area (Å²) in [6, 6.07) is 5.61. The first kappa shape index (κ1) is 12.9. The summed E-state index contributed by atoms with van der Waals surface area (Å²) in [5.41, 5.74) is 0.991. The topological polar surface area (TPSA) is 30.0 Å². The Kier molecular flexibility index (Phi) is 4.12. The Hall–Kier alpha value is -0.520. The second kappa shape index (κ2) is 5.42. The first-order chi connectivity index (χ1) is 8.09. The maximum atomic E-state index is 12.3. The molecule has 2 aromatic rings. The number of carbonyl (C=O) groups is 1. The Bertz CT molecular complexity index is 519. The summed E-state index contributed by atoms with van der Waals surface area (Å²) in [4.78, 5) is 17.0. The smallest absolute Gasteiger partial charge is 0.180 e. The summed E-state index contributed by atoms with van der Waals surface area (Å²) in [6.45, 7) is 1.92. The average molecular weight is 375 g/mol. The Morgan fingerprint density at radius 3 is 2.53 bits per heavy atom. The summed E-state index contributed by atoms with van der Waals surface area (Å²) in [5.74, 6) is -0.0111. The SMILES string of the molecule is CC(C(=O)c1cc(Br)c(Br)s1)c1ccncc1. The number of Topliss-reactive ketones (excluding diaryl/α,β-unsaturated/α-hetero) is 1. The van der Waals surface area contributed by atoms with Gasteiger partial charge in [0, 0.05) is 22.8 Å². The molecule has 0 amide bonds. The van der Waals surface area contributed by atoms with Crippen molar-refractivity contribution in [2.45, 2.75) is 12.8 Å². The third-order valence-corrected chi connectivity index (χ3v) is 5.76. The molecule has 0 fully saturated rings. The Labute approximate surface area is 120 Å². The molecule has 0 spiro atoms. The van der Waals surface area contributed by atoms with Gasteiger partial charge in [-0.2, -0.15) is 0 Å². The maximum absolute atomic E-state index is 12.3. The average Bonchev–Trinajstić information content (AvgIpc) is 2.69. The van der Waals surface area contributed by atoms with Gasteiger partial charge in [0.05, 0.1) is 8.66 Å². The molecule has 0 aliphatic carbocycles. The van der Waals surface area contributed by atoms with E-state index >= 15 is 0 Å². The van der Waals surface area contributed by atoms with Crippen LogP contribution in [0.1, 0.15) is 28.1 Å². The number of aromatic nitrogens is 1. The van der Waals surface area contributed by atoms with Gasteiger partial charge >= 0.3 is 0 Å². The molecule has 2 nitrogen and oxygen atoms in total. The molecule has 17 heavy (non-hydrogen) atoms. The predicted octanol–water partition coefficient (Wildman–Crippen LogP) is 4.65. The van der Waals surface area contributed by atoms with Gasteiger partial charge in [0.25, 0.3) is 0 Å². The van der Waals surface area contributed by atoms with E-state index in [0.29, 0.717) is 0 Å². The number of halogens is 2. The number of hydrogen-bond donors (Lipinski definition) is 0. The molecule has 2 aromatic heterocycles. The van der Waals surface area contributed by atoms with Gasteiger partial charge in [-0.25, -0.2) is 0 Å². The van der Waals surface area contributed by atoms with Crippen LogP contribution in [0, 0.1) is 0 Å². The standard InChI is InChI=1S/C12H9Br2NOS/c1-7(8-2-4-15-5-3-8)11(16)10-6-9(13)12(14)17-10/h2-7H,1H3. The van der Waals surface area contributed by atoms with E-state index in [9.17, 15) is 4.79 Å². The fourth-order valence-electron chi connectivity index (χ4n) is 1.48. The van der Waals surface area contributed by atoms with Crippen LogP contribution in [0.2, 0.25) is 0 Å². The van der Waals surface area contributed by atoms with Crippen molar-refractivity contribution >= 4 is 49.0 Å². The van der Waals surface area contributed by atoms with E-state index in [1.165, 1.54) is 11.3 Å². The van der Waals surface area contributed by atoms with E-state index in [2.05, 4.69) is 36.8 Å². The molecule has 0 saturated carbocycles. The Morgan fingerprint density at radius 2 is 2.00 bits per heavy atom. The summed E-state index contributed by atoms with van der Waals surface area (Å²) >= 11 is 8.24. The third kappa shape index (κ3) is 2.84. The van der Waals surface area contributed by atoms with Gasteiger partial charge in [-0.15, -0.1) is 11.3 Å². The van der Waals surface area contributed by atoms with Gasteiger partial charge < -0.3 is 0 Å². The van der Waals surface area contributed by atoms with Gasteiger partial charge in [0.1, 0.15) is 0 Å². The molecule has 1 unspecified atom stereocenters. The quantitative estimate of drug-likeness (QED) is 0.731. The number of pyridine rings is 1. The van der Waals surface area contributed by atoms with Crippen molar-refractivity contribution in [2.24, 2.45) is 0 Å². The highest BCUT2D eigenvalue weighted by molar-refractivity contribution is 9.13. The molecule has 2 rings (SSSR count). The van der Waals surface area contributed by atoms with E-state index < -0.39 is 0 Å². The largest absolute Gasteiger partial charge is 0.293 e. The van der Waals surface area contributed by atoms with Crippen molar-refractivity contribution in [2.75, 3.05) is 0 Å². The lowest BCUT2D eigenvalue weighted by Gasteiger charge is -2.08.